The molecule has 0 N–H and O–H groups in total. The number of hydrogen-bond donors (Lipinski definition) is 0. The van der Waals surface area contributed by atoms with Crippen molar-refractivity contribution in [2.45, 2.75) is 117 Å². The topological polar surface area (TPSA) is 106 Å². The molecule has 7 heteroatoms. The van der Waals surface area contributed by atoms with Crippen LogP contribution in [0, 0.1) is 0 Å². The molecule has 0 spiro atoms. The van der Waals surface area contributed by atoms with Crippen LogP contribution in [0.25, 0.3) is 11.4 Å². The number of aromatic nitrogens is 2. The third kappa shape index (κ3) is 20.4. The smallest absolute Gasteiger partial charge is 0.870 e. The first kappa shape index (κ1) is 43.3. The van der Waals surface area contributed by atoms with E-state index in [2.05, 4.69) is 48.1 Å². The quantitative estimate of drug-likeness (QED) is 0.0798. The Hall–Kier alpha value is -3.70. The van der Waals surface area contributed by atoms with Gasteiger partial charge in [0.25, 0.3) is 0 Å². The standard InChI is InChI=1S/C28H44N2.2C7H6O2.Zn/c1-3-5-7-9-11-13-15-17-25-19-21-29-27(23-25)28-24-26(20-22-30-28)18-16-14-12-10-8-6-4-2;2*8-6-4-2-1-3-5-7(6)9;/h19-24H,3-18H2,1-2H3;2*1-5H,(H,8,9);/q;;;+2/p-2. The number of rotatable bonds is 17. The van der Waals surface area contributed by atoms with E-state index in [1.807, 2.05) is 12.4 Å². The van der Waals surface area contributed by atoms with E-state index in [4.69, 9.17) is 0 Å². The molecule has 0 saturated carbocycles. The Morgan fingerprint density at radius 1 is 0.469 bits per heavy atom. The molecule has 0 fully saturated rings. The molecule has 4 aromatic rings. The zero-order valence-electron chi connectivity index (χ0n) is 29.8. The van der Waals surface area contributed by atoms with E-state index >= 15 is 0 Å². The monoisotopic (exact) mass is 714 g/mol. The normalized spacial score (nSPS) is 10.1. The molecule has 0 aliphatic carbocycles. The van der Waals surface area contributed by atoms with Crippen LogP contribution in [0.1, 0.15) is 115 Å². The van der Waals surface area contributed by atoms with E-state index < -0.39 is 22.4 Å². The number of nitrogens with zero attached hydrogens (tertiary/aromatic N) is 2. The first-order valence-corrected chi connectivity index (χ1v) is 17.9. The number of aryl methyl sites for hydroxylation is 2. The summed E-state index contributed by atoms with van der Waals surface area (Å²) in [5, 5.41) is 21.0. The fraction of sp³-hybridized carbons (Fsp3) is 0.429. The maximum atomic E-state index is 10.5. The zero-order chi connectivity index (χ0) is 34.7. The Kier molecular flexibility index (Phi) is 24.9. The molecule has 0 aliphatic heterocycles. The van der Waals surface area contributed by atoms with Crippen molar-refractivity contribution >= 4 is 0 Å². The molecule has 2 aromatic heterocycles. The molecular weight excluding hydrogens is 662 g/mol. The van der Waals surface area contributed by atoms with Gasteiger partial charge in [-0.3, -0.25) is 19.6 Å². The summed E-state index contributed by atoms with van der Waals surface area (Å²) in [6, 6.07) is 23.3. The van der Waals surface area contributed by atoms with Gasteiger partial charge in [-0.05, 0) is 73.2 Å². The Labute approximate surface area is 306 Å². The first-order valence-electron chi connectivity index (χ1n) is 17.9. The van der Waals surface area contributed by atoms with Crippen LogP contribution in [-0.2, 0) is 32.3 Å². The molecule has 49 heavy (non-hydrogen) atoms. The summed E-state index contributed by atoms with van der Waals surface area (Å²) < 4.78 is 0. The Balaban J connectivity index is 0.000000510. The summed E-state index contributed by atoms with van der Waals surface area (Å²) in [5.41, 5.74) is 3.93. The van der Waals surface area contributed by atoms with Gasteiger partial charge in [-0.2, -0.15) is 0 Å². The number of unbranched alkanes of at least 4 members (excludes halogenated alkanes) is 12. The number of pyridine rings is 2. The molecule has 2 heterocycles. The SMILES string of the molecule is CCCCCCCCCc1ccnc(-c2cc(CCCCCCCCC)ccn2)c1.O=c1cccccc1[O-].O=c1cccccc1[O-].[Zn+2]. The van der Waals surface area contributed by atoms with Crippen molar-refractivity contribution in [1.82, 2.24) is 9.97 Å². The molecule has 258 valence electrons. The average Bonchev–Trinajstić information content (AvgIpc) is 3.42. The fourth-order valence-corrected chi connectivity index (χ4v) is 5.14. The van der Waals surface area contributed by atoms with Gasteiger partial charge in [0.1, 0.15) is 0 Å². The summed E-state index contributed by atoms with van der Waals surface area (Å²) in [5.74, 6) is -0.917. The van der Waals surface area contributed by atoms with Gasteiger partial charge < -0.3 is 10.2 Å². The van der Waals surface area contributed by atoms with Crippen LogP contribution in [0.2, 0.25) is 0 Å². The Bertz CT molecular complexity index is 1430. The Morgan fingerprint density at radius 2 is 0.816 bits per heavy atom. The Morgan fingerprint density at radius 3 is 1.20 bits per heavy atom. The summed E-state index contributed by atoms with van der Waals surface area (Å²) >= 11 is 0. The van der Waals surface area contributed by atoms with Gasteiger partial charge in [0.2, 0.25) is 0 Å². The largest absolute Gasteiger partial charge is 2.00 e. The van der Waals surface area contributed by atoms with Crippen LogP contribution < -0.4 is 21.1 Å². The molecule has 6 nitrogen and oxygen atoms in total. The summed E-state index contributed by atoms with van der Waals surface area (Å²) in [6.45, 7) is 4.56. The molecule has 0 unspecified atom stereocenters. The van der Waals surface area contributed by atoms with Crippen molar-refractivity contribution in [3.63, 3.8) is 0 Å². The van der Waals surface area contributed by atoms with Crippen molar-refractivity contribution in [3.05, 3.63) is 129 Å². The molecular formula is C42H54N2O4Zn. The molecule has 0 amide bonds. The van der Waals surface area contributed by atoms with Gasteiger partial charge in [0.15, 0.2) is 10.9 Å². The van der Waals surface area contributed by atoms with Crippen LogP contribution >= 0.6 is 0 Å². The van der Waals surface area contributed by atoms with Crippen LogP contribution in [0.3, 0.4) is 0 Å². The average molecular weight is 716 g/mol. The minimum Gasteiger partial charge on any atom is -0.870 e. The molecule has 0 radical (unpaired) electrons. The van der Waals surface area contributed by atoms with Crippen molar-refractivity contribution in [3.8, 4) is 22.9 Å². The third-order valence-corrected chi connectivity index (χ3v) is 7.97. The molecule has 0 atom stereocenters. The van der Waals surface area contributed by atoms with Gasteiger partial charge in [0.05, 0.1) is 11.4 Å². The molecule has 4 rings (SSSR count). The summed E-state index contributed by atoms with van der Waals surface area (Å²) in [6.07, 6.45) is 25.2. The predicted octanol–water partition coefficient (Wildman–Crippen LogP) is 8.97. The van der Waals surface area contributed by atoms with Crippen LogP contribution in [0.15, 0.2) is 107 Å². The number of hydrogen-bond acceptors (Lipinski definition) is 6. The van der Waals surface area contributed by atoms with Crippen molar-refractivity contribution in [2.75, 3.05) is 0 Å². The van der Waals surface area contributed by atoms with E-state index in [0.717, 1.165) is 24.2 Å². The molecule has 0 aliphatic rings. The molecule has 2 aromatic carbocycles. The van der Waals surface area contributed by atoms with Crippen LogP contribution in [0.5, 0.6) is 11.5 Å². The molecule has 0 bridgehead atoms. The van der Waals surface area contributed by atoms with E-state index in [0.29, 0.717) is 0 Å². The summed E-state index contributed by atoms with van der Waals surface area (Å²) in [7, 11) is 0. The van der Waals surface area contributed by atoms with E-state index in [1.165, 1.54) is 125 Å². The van der Waals surface area contributed by atoms with Crippen molar-refractivity contribution < 1.29 is 29.7 Å². The van der Waals surface area contributed by atoms with E-state index in [1.54, 1.807) is 36.4 Å². The van der Waals surface area contributed by atoms with Gasteiger partial charge in [-0.25, -0.2) is 0 Å². The second-order valence-corrected chi connectivity index (χ2v) is 12.1. The van der Waals surface area contributed by atoms with Gasteiger partial charge >= 0.3 is 19.5 Å². The van der Waals surface area contributed by atoms with Crippen molar-refractivity contribution in [2.24, 2.45) is 0 Å². The van der Waals surface area contributed by atoms with Gasteiger partial charge in [0, 0.05) is 12.4 Å². The van der Waals surface area contributed by atoms with Crippen molar-refractivity contribution in [1.29, 1.82) is 0 Å². The van der Waals surface area contributed by atoms with Crippen LogP contribution in [-0.4, -0.2) is 9.97 Å². The maximum absolute atomic E-state index is 10.5. The first-order chi connectivity index (χ1) is 23.4. The van der Waals surface area contributed by atoms with Gasteiger partial charge in [-0.15, -0.1) is 0 Å². The summed E-state index contributed by atoms with van der Waals surface area (Å²) in [4.78, 5) is 30.2. The molecule has 0 saturated heterocycles. The maximum Gasteiger partial charge on any atom is 2.00 e. The second kappa shape index (κ2) is 28.2. The second-order valence-electron chi connectivity index (χ2n) is 12.1. The predicted molar refractivity (Wildman–Crippen MR) is 195 cm³/mol. The van der Waals surface area contributed by atoms with Gasteiger partial charge in [-0.1, -0.05) is 151 Å². The van der Waals surface area contributed by atoms with E-state index in [9.17, 15) is 19.8 Å². The van der Waals surface area contributed by atoms with Crippen LogP contribution in [0.4, 0.5) is 0 Å². The minimum atomic E-state index is -0.458. The third-order valence-electron chi connectivity index (χ3n) is 7.97. The zero-order valence-corrected chi connectivity index (χ0v) is 32.8. The fourth-order valence-electron chi connectivity index (χ4n) is 5.14. The minimum absolute atomic E-state index is 0. The van der Waals surface area contributed by atoms with E-state index in [-0.39, 0.29) is 19.5 Å².